The van der Waals surface area contributed by atoms with Crippen LogP contribution in [0.1, 0.15) is 0 Å². The highest BCUT2D eigenvalue weighted by Gasteiger charge is 2.09. The van der Waals surface area contributed by atoms with E-state index in [0.717, 1.165) is 0 Å². The molecule has 0 aromatic heterocycles. The second-order valence-electron chi connectivity index (χ2n) is 3.37. The highest BCUT2D eigenvalue weighted by molar-refractivity contribution is 6.34. The Morgan fingerprint density at radius 1 is 1.06 bits per heavy atom. The van der Waals surface area contributed by atoms with Gasteiger partial charge in [-0.1, -0.05) is 29.3 Å². The highest BCUT2D eigenvalue weighted by Crippen LogP contribution is 2.33. The Hall–Kier alpha value is -1.45. The second kappa shape index (κ2) is 4.82. The van der Waals surface area contributed by atoms with Gasteiger partial charge in [-0.25, -0.2) is 4.39 Å². The summed E-state index contributed by atoms with van der Waals surface area (Å²) < 4.78 is 18.8. The van der Waals surface area contributed by atoms with Crippen LogP contribution in [0.15, 0.2) is 36.4 Å². The zero-order chi connectivity index (χ0) is 12.4. The average Bonchev–Trinajstić information content (AvgIpc) is 2.22. The number of benzene rings is 2. The van der Waals surface area contributed by atoms with Crippen LogP contribution >= 0.6 is 23.2 Å². The molecule has 0 atom stereocenters. The monoisotopic (exact) mass is 271 g/mol. The minimum Gasteiger partial charge on any atom is -0.452 e. The Bertz CT molecular complexity index is 520. The van der Waals surface area contributed by atoms with E-state index in [-0.39, 0.29) is 11.4 Å². The maximum atomic E-state index is 13.5. The van der Waals surface area contributed by atoms with Gasteiger partial charge < -0.3 is 10.5 Å². The minimum absolute atomic E-state index is 0.0363. The largest absolute Gasteiger partial charge is 0.452 e. The summed E-state index contributed by atoms with van der Waals surface area (Å²) in [6.07, 6.45) is 0. The number of nitrogens with two attached hydrogens (primary N) is 1. The smallest absolute Gasteiger partial charge is 0.185 e. The van der Waals surface area contributed by atoms with Gasteiger partial charge in [0.25, 0.3) is 0 Å². The molecule has 0 fully saturated rings. The van der Waals surface area contributed by atoms with E-state index in [1.807, 2.05) is 0 Å². The molecule has 0 aliphatic rings. The quantitative estimate of drug-likeness (QED) is 0.816. The molecule has 2 aromatic carbocycles. The van der Waals surface area contributed by atoms with Crippen molar-refractivity contribution in [1.29, 1.82) is 0 Å². The lowest BCUT2D eigenvalue weighted by atomic mass is 10.3. The number of hydrogen-bond acceptors (Lipinski definition) is 2. The summed E-state index contributed by atoms with van der Waals surface area (Å²) >= 11 is 11.6. The van der Waals surface area contributed by atoms with Crippen LogP contribution in [0.2, 0.25) is 10.0 Å². The standard InChI is InChI=1S/C12H8Cl2FNO/c13-7-4-8(14)6-9(5-7)17-12-10(15)2-1-3-11(12)16/h1-6H,16H2. The molecular weight excluding hydrogens is 264 g/mol. The van der Waals surface area contributed by atoms with Crippen molar-refractivity contribution in [2.75, 3.05) is 5.73 Å². The molecule has 0 aliphatic heterocycles. The molecule has 0 amide bonds. The SMILES string of the molecule is Nc1cccc(F)c1Oc1cc(Cl)cc(Cl)c1. The summed E-state index contributed by atoms with van der Waals surface area (Å²) in [4.78, 5) is 0. The number of anilines is 1. The van der Waals surface area contributed by atoms with Crippen LogP contribution in [0.4, 0.5) is 10.1 Å². The lowest BCUT2D eigenvalue weighted by molar-refractivity contribution is 0.445. The first kappa shape index (κ1) is 12.0. The van der Waals surface area contributed by atoms with E-state index < -0.39 is 5.82 Å². The Labute approximate surface area is 108 Å². The Morgan fingerprint density at radius 2 is 1.71 bits per heavy atom. The number of nitrogen functional groups attached to an aromatic ring is 1. The molecule has 2 rings (SSSR count). The predicted molar refractivity (Wildman–Crippen MR) is 67.3 cm³/mol. The maximum Gasteiger partial charge on any atom is 0.185 e. The molecule has 2 nitrogen and oxygen atoms in total. The molecular formula is C12H8Cl2FNO. The zero-order valence-corrected chi connectivity index (χ0v) is 10.1. The summed E-state index contributed by atoms with van der Waals surface area (Å²) in [7, 11) is 0. The first-order chi connectivity index (χ1) is 8.06. The van der Waals surface area contributed by atoms with Crippen molar-refractivity contribution in [3.05, 3.63) is 52.3 Å². The molecule has 2 aromatic rings. The molecule has 0 saturated heterocycles. The highest BCUT2D eigenvalue weighted by atomic mass is 35.5. The van der Waals surface area contributed by atoms with E-state index in [2.05, 4.69) is 0 Å². The molecule has 0 heterocycles. The van der Waals surface area contributed by atoms with E-state index in [0.29, 0.717) is 15.8 Å². The fourth-order valence-corrected chi connectivity index (χ4v) is 1.84. The van der Waals surface area contributed by atoms with Crippen LogP contribution < -0.4 is 10.5 Å². The molecule has 2 N–H and O–H groups in total. The van der Waals surface area contributed by atoms with Crippen LogP contribution in [-0.4, -0.2) is 0 Å². The van der Waals surface area contributed by atoms with Crippen molar-refractivity contribution in [1.82, 2.24) is 0 Å². The number of rotatable bonds is 2. The van der Waals surface area contributed by atoms with Crippen molar-refractivity contribution < 1.29 is 9.13 Å². The van der Waals surface area contributed by atoms with E-state index in [1.54, 1.807) is 12.1 Å². The van der Waals surface area contributed by atoms with Gasteiger partial charge in [0, 0.05) is 10.0 Å². The van der Waals surface area contributed by atoms with Gasteiger partial charge >= 0.3 is 0 Å². The average molecular weight is 272 g/mol. The van der Waals surface area contributed by atoms with Gasteiger partial charge in [0.1, 0.15) is 5.75 Å². The number of ether oxygens (including phenoxy) is 1. The number of hydrogen-bond donors (Lipinski definition) is 1. The van der Waals surface area contributed by atoms with Crippen molar-refractivity contribution in [2.45, 2.75) is 0 Å². The van der Waals surface area contributed by atoms with E-state index in [1.165, 1.54) is 24.3 Å². The van der Waals surface area contributed by atoms with Crippen LogP contribution in [0.3, 0.4) is 0 Å². The molecule has 0 radical (unpaired) electrons. The fraction of sp³-hybridized carbons (Fsp3) is 0. The fourth-order valence-electron chi connectivity index (χ4n) is 1.34. The molecule has 0 spiro atoms. The van der Waals surface area contributed by atoms with Gasteiger partial charge in [0.15, 0.2) is 11.6 Å². The minimum atomic E-state index is -0.541. The second-order valence-corrected chi connectivity index (χ2v) is 4.24. The summed E-state index contributed by atoms with van der Waals surface area (Å²) in [6.45, 7) is 0. The van der Waals surface area contributed by atoms with Crippen LogP contribution in [0, 0.1) is 5.82 Å². The van der Waals surface area contributed by atoms with E-state index in [4.69, 9.17) is 33.7 Å². The van der Waals surface area contributed by atoms with E-state index >= 15 is 0 Å². The molecule has 88 valence electrons. The van der Waals surface area contributed by atoms with Gasteiger partial charge in [-0.05, 0) is 30.3 Å². The van der Waals surface area contributed by atoms with Crippen molar-refractivity contribution >= 4 is 28.9 Å². The molecule has 0 unspecified atom stereocenters. The van der Waals surface area contributed by atoms with Crippen LogP contribution in [0.25, 0.3) is 0 Å². The van der Waals surface area contributed by atoms with Gasteiger partial charge in [0.2, 0.25) is 0 Å². The topological polar surface area (TPSA) is 35.2 Å². The third-order valence-electron chi connectivity index (χ3n) is 2.05. The summed E-state index contributed by atoms with van der Waals surface area (Å²) in [5.74, 6) is -0.244. The third-order valence-corrected chi connectivity index (χ3v) is 2.49. The summed E-state index contributed by atoms with van der Waals surface area (Å²) in [5.41, 5.74) is 5.82. The molecule has 0 bridgehead atoms. The summed E-state index contributed by atoms with van der Waals surface area (Å²) in [5, 5.41) is 0.810. The normalized spacial score (nSPS) is 10.3. The molecule has 0 saturated carbocycles. The molecule has 17 heavy (non-hydrogen) atoms. The Morgan fingerprint density at radius 3 is 2.29 bits per heavy atom. The number of para-hydroxylation sites is 1. The van der Waals surface area contributed by atoms with Crippen LogP contribution in [-0.2, 0) is 0 Å². The van der Waals surface area contributed by atoms with Gasteiger partial charge in [-0.3, -0.25) is 0 Å². The van der Waals surface area contributed by atoms with Crippen LogP contribution in [0.5, 0.6) is 11.5 Å². The molecule has 5 heteroatoms. The Balaban J connectivity index is 2.38. The molecule has 0 aliphatic carbocycles. The van der Waals surface area contributed by atoms with Gasteiger partial charge in [-0.15, -0.1) is 0 Å². The number of halogens is 3. The van der Waals surface area contributed by atoms with Crippen molar-refractivity contribution in [3.8, 4) is 11.5 Å². The van der Waals surface area contributed by atoms with Gasteiger partial charge in [-0.2, -0.15) is 0 Å². The third kappa shape index (κ3) is 2.81. The lowest BCUT2D eigenvalue weighted by Gasteiger charge is -2.09. The first-order valence-corrected chi connectivity index (χ1v) is 5.50. The van der Waals surface area contributed by atoms with Crippen molar-refractivity contribution in [2.24, 2.45) is 0 Å². The maximum absolute atomic E-state index is 13.5. The van der Waals surface area contributed by atoms with E-state index in [9.17, 15) is 4.39 Å². The lowest BCUT2D eigenvalue weighted by Crippen LogP contribution is -1.94. The predicted octanol–water partition coefficient (Wildman–Crippen LogP) is 4.51. The van der Waals surface area contributed by atoms with Gasteiger partial charge in [0.05, 0.1) is 5.69 Å². The summed E-state index contributed by atoms with van der Waals surface area (Å²) in [6, 6.07) is 8.92. The first-order valence-electron chi connectivity index (χ1n) is 4.74. The van der Waals surface area contributed by atoms with Crippen molar-refractivity contribution in [3.63, 3.8) is 0 Å². The Kier molecular flexibility index (Phi) is 3.41. The zero-order valence-electron chi connectivity index (χ0n) is 8.58.